The maximum Gasteiger partial charge on any atom is 0.307 e. The molecule has 0 spiro atoms. The van der Waals surface area contributed by atoms with E-state index in [1.165, 1.54) is 6.92 Å². The van der Waals surface area contributed by atoms with Gasteiger partial charge in [0.15, 0.2) is 0 Å². The van der Waals surface area contributed by atoms with Crippen LogP contribution in [0.4, 0.5) is 11.4 Å². The predicted octanol–water partition coefficient (Wildman–Crippen LogP) is 1.94. The quantitative estimate of drug-likeness (QED) is 0.789. The van der Waals surface area contributed by atoms with E-state index in [0.29, 0.717) is 11.4 Å². The minimum atomic E-state index is -0.952. The third kappa shape index (κ3) is 3.04. The fourth-order valence-electron chi connectivity index (χ4n) is 2.69. The van der Waals surface area contributed by atoms with E-state index in [1.807, 2.05) is 0 Å². The van der Waals surface area contributed by atoms with Gasteiger partial charge in [0.1, 0.15) is 0 Å². The van der Waals surface area contributed by atoms with E-state index < -0.39 is 23.2 Å². The molecular weight excluding hydrogens is 272 g/mol. The number of hydrogen-bond acceptors (Lipinski definition) is 3. The predicted molar refractivity (Wildman–Crippen MR) is 77.8 cm³/mol. The molecule has 0 heterocycles. The number of benzene rings is 1. The first kappa shape index (κ1) is 15.0. The van der Waals surface area contributed by atoms with E-state index in [2.05, 4.69) is 10.6 Å². The second-order valence-corrected chi connectivity index (χ2v) is 5.87. The monoisotopic (exact) mass is 290 g/mol. The van der Waals surface area contributed by atoms with Gasteiger partial charge in [-0.2, -0.15) is 0 Å². The second-order valence-electron chi connectivity index (χ2n) is 5.87. The van der Waals surface area contributed by atoms with Crippen molar-refractivity contribution in [2.24, 2.45) is 17.3 Å². The number of carboxylic acid groups (broad SMARTS) is 1. The first-order valence-corrected chi connectivity index (χ1v) is 6.65. The van der Waals surface area contributed by atoms with Gasteiger partial charge in [0.05, 0.1) is 11.8 Å². The summed E-state index contributed by atoms with van der Waals surface area (Å²) in [5.74, 6) is -2.66. The lowest BCUT2D eigenvalue weighted by Crippen LogP contribution is -2.18. The number of anilines is 2. The van der Waals surface area contributed by atoms with Crippen molar-refractivity contribution >= 4 is 29.2 Å². The molecular formula is C15H18N2O4. The van der Waals surface area contributed by atoms with E-state index in [4.69, 9.17) is 5.11 Å². The van der Waals surface area contributed by atoms with Crippen molar-refractivity contribution in [1.29, 1.82) is 0 Å². The van der Waals surface area contributed by atoms with Gasteiger partial charge in [0.25, 0.3) is 0 Å². The molecule has 3 N–H and O–H groups in total. The van der Waals surface area contributed by atoms with Crippen LogP contribution in [0.1, 0.15) is 20.8 Å². The maximum absolute atomic E-state index is 12.2. The Kier molecular flexibility index (Phi) is 3.72. The average Bonchev–Trinajstić information content (AvgIpc) is 2.92. The Hall–Kier alpha value is -2.37. The minimum Gasteiger partial charge on any atom is -0.481 e. The Morgan fingerprint density at radius 1 is 1.10 bits per heavy atom. The molecule has 1 aliphatic carbocycles. The fourth-order valence-corrected chi connectivity index (χ4v) is 2.69. The zero-order valence-electron chi connectivity index (χ0n) is 12.1. The third-order valence-corrected chi connectivity index (χ3v) is 3.83. The summed E-state index contributed by atoms with van der Waals surface area (Å²) < 4.78 is 0. The lowest BCUT2D eigenvalue weighted by atomic mass is 10.1. The summed E-state index contributed by atoms with van der Waals surface area (Å²) in [6, 6.07) is 6.73. The molecule has 1 aliphatic rings. The molecule has 112 valence electrons. The van der Waals surface area contributed by atoms with Gasteiger partial charge >= 0.3 is 5.97 Å². The summed E-state index contributed by atoms with van der Waals surface area (Å²) in [5.41, 5.74) is 0.564. The van der Waals surface area contributed by atoms with Crippen LogP contribution in [-0.2, 0) is 14.4 Å². The van der Waals surface area contributed by atoms with E-state index in [1.54, 1.807) is 38.1 Å². The molecule has 1 aromatic carbocycles. The molecule has 0 aliphatic heterocycles. The van der Waals surface area contributed by atoms with Crippen LogP contribution in [0, 0.1) is 17.3 Å². The summed E-state index contributed by atoms with van der Waals surface area (Å²) in [5, 5.41) is 14.4. The molecule has 6 nitrogen and oxygen atoms in total. The van der Waals surface area contributed by atoms with E-state index in [-0.39, 0.29) is 11.8 Å². The van der Waals surface area contributed by atoms with Gasteiger partial charge in [-0.1, -0.05) is 19.9 Å². The van der Waals surface area contributed by atoms with Gasteiger partial charge in [-0.25, -0.2) is 0 Å². The maximum atomic E-state index is 12.2. The first-order chi connectivity index (χ1) is 9.73. The molecule has 2 amide bonds. The van der Waals surface area contributed by atoms with Gasteiger partial charge in [-0.15, -0.1) is 0 Å². The van der Waals surface area contributed by atoms with Crippen LogP contribution >= 0.6 is 0 Å². The molecule has 2 atom stereocenters. The summed E-state index contributed by atoms with van der Waals surface area (Å²) in [4.78, 5) is 34.3. The number of hydrogen-bond donors (Lipinski definition) is 3. The molecule has 1 aromatic rings. The largest absolute Gasteiger partial charge is 0.481 e. The Balaban J connectivity index is 2.07. The topological polar surface area (TPSA) is 95.5 Å². The summed E-state index contributed by atoms with van der Waals surface area (Å²) in [6.45, 7) is 4.93. The number of nitrogens with one attached hydrogen (secondary N) is 2. The number of aliphatic carboxylic acids is 1. The third-order valence-electron chi connectivity index (χ3n) is 3.83. The van der Waals surface area contributed by atoms with Crippen molar-refractivity contribution in [2.45, 2.75) is 20.8 Å². The van der Waals surface area contributed by atoms with Crippen LogP contribution in [0.15, 0.2) is 24.3 Å². The molecule has 1 fully saturated rings. The molecule has 0 radical (unpaired) electrons. The van der Waals surface area contributed by atoms with E-state index in [9.17, 15) is 14.4 Å². The molecule has 0 bridgehead atoms. The average molecular weight is 290 g/mol. The van der Waals surface area contributed by atoms with Crippen molar-refractivity contribution in [1.82, 2.24) is 0 Å². The molecule has 0 unspecified atom stereocenters. The zero-order chi connectivity index (χ0) is 15.8. The van der Waals surface area contributed by atoms with Crippen molar-refractivity contribution in [2.75, 3.05) is 10.6 Å². The van der Waals surface area contributed by atoms with Gasteiger partial charge in [-0.3, -0.25) is 14.4 Å². The fraction of sp³-hybridized carbons (Fsp3) is 0.400. The smallest absolute Gasteiger partial charge is 0.307 e. The highest BCUT2D eigenvalue weighted by Gasteiger charge is 2.65. The molecule has 0 aromatic heterocycles. The van der Waals surface area contributed by atoms with Gasteiger partial charge < -0.3 is 15.7 Å². The normalized spacial score (nSPS) is 22.2. The van der Waals surface area contributed by atoms with Gasteiger partial charge in [0, 0.05) is 18.3 Å². The van der Waals surface area contributed by atoms with Crippen molar-refractivity contribution in [3.8, 4) is 0 Å². The van der Waals surface area contributed by atoms with Crippen molar-refractivity contribution in [3.63, 3.8) is 0 Å². The number of amides is 2. The lowest BCUT2D eigenvalue weighted by Gasteiger charge is -2.08. The Labute approximate surface area is 122 Å². The number of carbonyl (C=O) groups is 3. The Morgan fingerprint density at radius 3 is 2.14 bits per heavy atom. The van der Waals surface area contributed by atoms with Crippen LogP contribution in [0.2, 0.25) is 0 Å². The van der Waals surface area contributed by atoms with Crippen molar-refractivity contribution in [3.05, 3.63) is 24.3 Å². The molecule has 6 heteroatoms. The standard InChI is InChI=1S/C15H18N2O4/c1-8(18)16-9-5-4-6-10(7-9)17-13(19)11-12(14(20)21)15(11,2)3/h4-7,11-12H,1-3H3,(H,16,18)(H,17,19)(H,20,21)/t11-,12-/m0/s1. The summed E-state index contributed by atoms with van der Waals surface area (Å²) >= 11 is 0. The van der Waals surface area contributed by atoms with Gasteiger partial charge in [-0.05, 0) is 23.6 Å². The van der Waals surface area contributed by atoms with Crippen LogP contribution in [-0.4, -0.2) is 22.9 Å². The number of rotatable bonds is 4. The second kappa shape index (κ2) is 5.20. The van der Waals surface area contributed by atoms with E-state index >= 15 is 0 Å². The molecule has 21 heavy (non-hydrogen) atoms. The number of carboxylic acids is 1. The highest BCUT2D eigenvalue weighted by molar-refractivity contribution is 6.00. The van der Waals surface area contributed by atoms with E-state index in [0.717, 1.165) is 0 Å². The molecule has 1 saturated carbocycles. The van der Waals surface area contributed by atoms with Crippen LogP contribution in [0.3, 0.4) is 0 Å². The molecule has 2 rings (SSSR count). The van der Waals surface area contributed by atoms with Crippen molar-refractivity contribution < 1.29 is 19.5 Å². The molecule has 0 saturated heterocycles. The summed E-state index contributed by atoms with van der Waals surface area (Å²) in [7, 11) is 0. The van der Waals surface area contributed by atoms with Crippen LogP contribution in [0.25, 0.3) is 0 Å². The van der Waals surface area contributed by atoms with Crippen LogP contribution in [0.5, 0.6) is 0 Å². The lowest BCUT2D eigenvalue weighted by molar-refractivity contribution is -0.140. The van der Waals surface area contributed by atoms with Crippen LogP contribution < -0.4 is 10.6 Å². The van der Waals surface area contributed by atoms with Gasteiger partial charge in [0.2, 0.25) is 11.8 Å². The number of carbonyl (C=O) groups excluding carboxylic acids is 2. The SMILES string of the molecule is CC(=O)Nc1cccc(NC(=O)[C@@H]2[C@@H](C(=O)O)C2(C)C)c1. The highest BCUT2D eigenvalue weighted by atomic mass is 16.4. The Bertz CT molecular complexity index is 609. The highest BCUT2D eigenvalue weighted by Crippen LogP contribution is 2.58. The minimum absolute atomic E-state index is 0.201. The Morgan fingerprint density at radius 2 is 1.67 bits per heavy atom. The zero-order valence-corrected chi connectivity index (χ0v) is 12.1. The first-order valence-electron chi connectivity index (χ1n) is 6.65. The summed E-state index contributed by atoms with van der Waals surface area (Å²) in [6.07, 6.45) is 0.